The normalized spacial score (nSPS) is 13.4. The number of aliphatic hydroxyl groups excluding tert-OH is 1. The van der Waals surface area contributed by atoms with Crippen molar-refractivity contribution < 1.29 is 24.2 Å². The standard InChI is InChI=1S/C12H15FN2O4/c1-7(8-3-2-4-9(13)5-8)15-12(19)14-6-10(16)11(17)18/h2-5,7,10,16H,6H2,1H3,(H,17,18)(H2,14,15,19)/t7?,10-/m0/s1. The number of rotatable bonds is 5. The first-order chi connectivity index (χ1) is 8.90. The van der Waals surface area contributed by atoms with Crippen molar-refractivity contribution in [3.05, 3.63) is 35.6 Å². The van der Waals surface area contributed by atoms with Crippen LogP contribution in [0.1, 0.15) is 18.5 Å². The van der Waals surface area contributed by atoms with Crippen LogP contribution in [0.2, 0.25) is 0 Å². The number of benzene rings is 1. The van der Waals surface area contributed by atoms with Crippen LogP contribution in [-0.2, 0) is 4.79 Å². The molecular weight excluding hydrogens is 255 g/mol. The van der Waals surface area contributed by atoms with E-state index in [-0.39, 0.29) is 0 Å². The molecule has 6 nitrogen and oxygen atoms in total. The van der Waals surface area contributed by atoms with Gasteiger partial charge in [-0.15, -0.1) is 0 Å². The van der Waals surface area contributed by atoms with Crippen LogP contribution in [0.25, 0.3) is 0 Å². The summed E-state index contributed by atoms with van der Waals surface area (Å²) in [4.78, 5) is 21.7. The number of urea groups is 1. The van der Waals surface area contributed by atoms with Gasteiger partial charge in [0.05, 0.1) is 12.6 Å². The van der Waals surface area contributed by atoms with E-state index in [4.69, 9.17) is 10.2 Å². The number of hydrogen-bond acceptors (Lipinski definition) is 3. The van der Waals surface area contributed by atoms with E-state index in [1.165, 1.54) is 18.2 Å². The second kappa shape index (κ2) is 6.69. The summed E-state index contributed by atoms with van der Waals surface area (Å²) in [6, 6.07) is 4.67. The molecule has 0 radical (unpaired) electrons. The molecule has 1 aromatic rings. The average molecular weight is 270 g/mol. The Bertz CT molecular complexity index is 467. The van der Waals surface area contributed by atoms with Gasteiger partial charge in [0.25, 0.3) is 0 Å². The third kappa shape index (κ3) is 4.92. The van der Waals surface area contributed by atoms with Gasteiger partial charge < -0.3 is 20.8 Å². The third-order valence-corrected chi connectivity index (χ3v) is 2.44. The smallest absolute Gasteiger partial charge is 0.334 e. The zero-order valence-corrected chi connectivity index (χ0v) is 10.3. The van der Waals surface area contributed by atoms with Crippen LogP contribution in [0.4, 0.5) is 9.18 Å². The molecule has 0 fully saturated rings. The summed E-state index contributed by atoms with van der Waals surface area (Å²) in [6.45, 7) is 1.25. The lowest BCUT2D eigenvalue weighted by Crippen LogP contribution is -2.42. The van der Waals surface area contributed by atoms with Crippen molar-refractivity contribution in [2.75, 3.05) is 6.54 Å². The maximum atomic E-state index is 13.0. The monoisotopic (exact) mass is 270 g/mol. The van der Waals surface area contributed by atoms with Gasteiger partial charge in [-0.1, -0.05) is 12.1 Å². The Kier molecular flexibility index (Phi) is 5.25. The topological polar surface area (TPSA) is 98.7 Å². The molecule has 0 heterocycles. The molecule has 19 heavy (non-hydrogen) atoms. The number of nitrogens with one attached hydrogen (secondary N) is 2. The Morgan fingerprint density at radius 3 is 2.68 bits per heavy atom. The van der Waals surface area contributed by atoms with Gasteiger partial charge in [-0.05, 0) is 24.6 Å². The summed E-state index contributed by atoms with van der Waals surface area (Å²) < 4.78 is 13.0. The van der Waals surface area contributed by atoms with Gasteiger partial charge in [-0.3, -0.25) is 0 Å². The van der Waals surface area contributed by atoms with Crippen LogP contribution >= 0.6 is 0 Å². The molecule has 0 aliphatic carbocycles. The summed E-state index contributed by atoms with van der Waals surface area (Å²) in [6.07, 6.45) is -1.66. The van der Waals surface area contributed by atoms with Crippen molar-refractivity contribution in [3.63, 3.8) is 0 Å². The van der Waals surface area contributed by atoms with Crippen LogP contribution in [0.3, 0.4) is 0 Å². The number of carboxylic acids is 1. The molecular formula is C12H15FN2O4. The SMILES string of the molecule is CC(NC(=O)NC[C@H](O)C(=O)O)c1cccc(F)c1. The van der Waals surface area contributed by atoms with Crippen molar-refractivity contribution in [1.29, 1.82) is 0 Å². The first kappa shape index (κ1) is 14.9. The molecule has 0 bridgehead atoms. The van der Waals surface area contributed by atoms with Gasteiger partial charge in [0.2, 0.25) is 0 Å². The van der Waals surface area contributed by atoms with Crippen molar-refractivity contribution in [2.45, 2.75) is 19.1 Å². The largest absolute Gasteiger partial charge is 0.479 e. The Labute approximate surface area is 109 Å². The average Bonchev–Trinajstić information content (AvgIpc) is 2.35. The highest BCUT2D eigenvalue weighted by molar-refractivity contribution is 5.76. The van der Waals surface area contributed by atoms with Crippen LogP contribution in [-0.4, -0.2) is 34.9 Å². The predicted molar refractivity (Wildman–Crippen MR) is 65.0 cm³/mol. The fourth-order valence-corrected chi connectivity index (χ4v) is 1.38. The van der Waals surface area contributed by atoms with Crippen molar-refractivity contribution >= 4 is 12.0 Å². The van der Waals surface area contributed by atoms with Gasteiger partial charge in [0, 0.05) is 0 Å². The Balaban J connectivity index is 2.46. The molecule has 7 heteroatoms. The Morgan fingerprint density at radius 2 is 2.11 bits per heavy atom. The van der Waals surface area contributed by atoms with Gasteiger partial charge >= 0.3 is 12.0 Å². The molecule has 0 spiro atoms. The first-order valence-corrected chi connectivity index (χ1v) is 5.61. The van der Waals surface area contributed by atoms with E-state index >= 15 is 0 Å². The van der Waals surface area contributed by atoms with Crippen molar-refractivity contribution in [2.24, 2.45) is 0 Å². The lowest BCUT2D eigenvalue weighted by Gasteiger charge is -2.15. The minimum atomic E-state index is -1.66. The van der Waals surface area contributed by atoms with Crippen molar-refractivity contribution in [1.82, 2.24) is 10.6 Å². The highest BCUT2D eigenvalue weighted by Crippen LogP contribution is 2.12. The number of carbonyl (C=O) groups excluding carboxylic acids is 1. The van der Waals surface area contributed by atoms with Gasteiger partial charge in [0.15, 0.2) is 6.10 Å². The van der Waals surface area contributed by atoms with Gasteiger partial charge in [-0.25, -0.2) is 14.0 Å². The minimum Gasteiger partial charge on any atom is -0.479 e. The molecule has 4 N–H and O–H groups in total. The molecule has 0 saturated carbocycles. The third-order valence-electron chi connectivity index (χ3n) is 2.44. The second-order valence-electron chi connectivity index (χ2n) is 3.99. The summed E-state index contributed by atoms with van der Waals surface area (Å²) in [5, 5.41) is 22.1. The summed E-state index contributed by atoms with van der Waals surface area (Å²) in [7, 11) is 0. The zero-order chi connectivity index (χ0) is 14.4. The zero-order valence-electron chi connectivity index (χ0n) is 10.3. The maximum absolute atomic E-state index is 13.0. The number of amides is 2. The van der Waals surface area contributed by atoms with Crippen molar-refractivity contribution in [3.8, 4) is 0 Å². The predicted octanol–water partition coefficient (Wildman–Crippen LogP) is 0.631. The molecule has 104 valence electrons. The van der Waals surface area contributed by atoms with Gasteiger partial charge in [-0.2, -0.15) is 0 Å². The Morgan fingerprint density at radius 1 is 1.42 bits per heavy atom. The van der Waals surface area contributed by atoms with E-state index in [9.17, 15) is 14.0 Å². The van der Waals surface area contributed by atoms with Gasteiger partial charge in [0.1, 0.15) is 5.82 Å². The number of aliphatic carboxylic acids is 1. The maximum Gasteiger partial charge on any atom is 0.334 e. The molecule has 0 aliphatic rings. The number of carbonyl (C=O) groups is 2. The summed E-state index contributed by atoms with van der Waals surface area (Å²) in [5.74, 6) is -1.83. The summed E-state index contributed by atoms with van der Waals surface area (Å²) >= 11 is 0. The molecule has 2 atom stereocenters. The molecule has 0 saturated heterocycles. The Hall–Kier alpha value is -2.15. The highest BCUT2D eigenvalue weighted by atomic mass is 19.1. The first-order valence-electron chi connectivity index (χ1n) is 5.61. The lowest BCUT2D eigenvalue weighted by molar-refractivity contribution is -0.146. The molecule has 1 rings (SSSR count). The molecule has 2 amide bonds. The lowest BCUT2D eigenvalue weighted by atomic mass is 10.1. The minimum absolute atomic E-state index is 0.406. The van der Waals surface area contributed by atoms with E-state index in [2.05, 4.69) is 10.6 Å². The molecule has 1 aromatic carbocycles. The number of carboxylic acid groups (broad SMARTS) is 1. The van der Waals surface area contributed by atoms with Crippen LogP contribution < -0.4 is 10.6 Å². The van der Waals surface area contributed by atoms with Crippen LogP contribution in [0.15, 0.2) is 24.3 Å². The highest BCUT2D eigenvalue weighted by Gasteiger charge is 2.15. The van der Waals surface area contributed by atoms with E-state index in [0.717, 1.165) is 0 Å². The molecule has 1 unspecified atom stereocenters. The molecule has 0 aliphatic heterocycles. The van der Waals surface area contributed by atoms with Crippen LogP contribution in [0.5, 0.6) is 0 Å². The number of aliphatic hydroxyl groups is 1. The second-order valence-corrected chi connectivity index (χ2v) is 3.99. The van der Waals surface area contributed by atoms with E-state index in [1.807, 2.05) is 0 Å². The number of halogens is 1. The van der Waals surface area contributed by atoms with E-state index in [1.54, 1.807) is 13.0 Å². The fraction of sp³-hybridized carbons (Fsp3) is 0.333. The fourth-order valence-electron chi connectivity index (χ4n) is 1.38. The molecule has 0 aromatic heterocycles. The summed E-state index contributed by atoms with van der Waals surface area (Å²) in [5.41, 5.74) is 0.578. The number of hydrogen-bond donors (Lipinski definition) is 4. The van der Waals surface area contributed by atoms with Crippen LogP contribution in [0, 0.1) is 5.82 Å². The van der Waals surface area contributed by atoms with E-state index in [0.29, 0.717) is 5.56 Å². The van der Waals surface area contributed by atoms with E-state index < -0.39 is 36.5 Å². The quantitative estimate of drug-likeness (QED) is 0.630.